The van der Waals surface area contributed by atoms with E-state index in [1.807, 2.05) is 18.5 Å². The second kappa shape index (κ2) is 13.5. The molecule has 3 heteroatoms. The van der Waals surface area contributed by atoms with Gasteiger partial charge in [0.15, 0.2) is 0 Å². The number of nitrogens with one attached hydrogen (secondary N) is 1. The van der Waals surface area contributed by atoms with Gasteiger partial charge in [-0.2, -0.15) is 0 Å². The van der Waals surface area contributed by atoms with Crippen LogP contribution in [-0.2, 0) is 0 Å². The van der Waals surface area contributed by atoms with Crippen molar-refractivity contribution >= 4 is 43.7 Å². The number of allylic oxidation sites excluding steroid dienone is 1. The Kier molecular flexibility index (Phi) is 7.88. The number of hydrogen-bond acceptors (Lipinski definition) is 3. The maximum atomic E-state index is 5.44. The monoisotopic (exact) mass is 689 g/mol. The van der Waals surface area contributed by atoms with Crippen LogP contribution in [0.15, 0.2) is 205 Å². The Balaban J connectivity index is 1.15. The summed E-state index contributed by atoms with van der Waals surface area (Å²) >= 11 is 0. The van der Waals surface area contributed by atoms with Crippen molar-refractivity contribution in [3.63, 3.8) is 0 Å². The molecule has 2 heterocycles. The lowest BCUT2D eigenvalue weighted by Crippen LogP contribution is -2.25. The van der Waals surface area contributed by atoms with Crippen molar-refractivity contribution in [2.45, 2.75) is 6.17 Å². The lowest BCUT2D eigenvalue weighted by atomic mass is 9.85. The van der Waals surface area contributed by atoms with Crippen molar-refractivity contribution in [2.75, 3.05) is 0 Å². The van der Waals surface area contributed by atoms with E-state index < -0.39 is 0 Å². The van der Waals surface area contributed by atoms with Crippen LogP contribution >= 0.6 is 0 Å². The molecule has 9 aromatic rings. The molecule has 1 aliphatic rings. The first-order valence-electron chi connectivity index (χ1n) is 18.4. The van der Waals surface area contributed by atoms with E-state index in [-0.39, 0.29) is 6.17 Å². The van der Waals surface area contributed by atoms with Crippen LogP contribution in [0, 0.1) is 0 Å². The highest BCUT2D eigenvalue weighted by molar-refractivity contribution is 6.21. The van der Waals surface area contributed by atoms with Gasteiger partial charge in [-0.1, -0.05) is 164 Å². The molecule has 0 spiro atoms. The normalized spacial score (nSPS) is 14.1. The van der Waals surface area contributed by atoms with Gasteiger partial charge in [0.2, 0.25) is 0 Å². The van der Waals surface area contributed by atoms with Crippen LogP contribution in [0.4, 0.5) is 0 Å². The molecule has 10 rings (SSSR count). The average molecular weight is 690 g/mol. The van der Waals surface area contributed by atoms with Gasteiger partial charge in [0, 0.05) is 34.8 Å². The van der Waals surface area contributed by atoms with Gasteiger partial charge in [-0.15, -0.1) is 0 Å². The number of aliphatic imine (C=N–C) groups is 1. The van der Waals surface area contributed by atoms with Crippen LogP contribution < -0.4 is 5.32 Å². The fourth-order valence-electron chi connectivity index (χ4n) is 8.07. The zero-order valence-corrected chi connectivity index (χ0v) is 29.5. The van der Waals surface area contributed by atoms with Gasteiger partial charge < -0.3 is 5.32 Å². The van der Waals surface area contributed by atoms with Gasteiger partial charge in [-0.05, 0) is 90.0 Å². The molecule has 0 aliphatic carbocycles. The third-order valence-corrected chi connectivity index (χ3v) is 10.6. The Morgan fingerprint density at radius 2 is 1.04 bits per heavy atom. The van der Waals surface area contributed by atoms with Crippen LogP contribution in [0.2, 0.25) is 0 Å². The van der Waals surface area contributed by atoms with Gasteiger partial charge >= 0.3 is 0 Å². The smallest absolute Gasteiger partial charge is 0.145 e. The summed E-state index contributed by atoms with van der Waals surface area (Å²) in [7, 11) is 0. The molecular weight excluding hydrogens is 655 g/mol. The number of pyridine rings is 1. The molecule has 0 saturated carbocycles. The van der Waals surface area contributed by atoms with Gasteiger partial charge in [0.1, 0.15) is 6.17 Å². The number of benzene rings is 8. The fourth-order valence-corrected chi connectivity index (χ4v) is 8.07. The maximum Gasteiger partial charge on any atom is 0.145 e. The van der Waals surface area contributed by atoms with E-state index in [4.69, 9.17) is 4.99 Å². The molecule has 1 atom stereocenters. The van der Waals surface area contributed by atoms with Crippen LogP contribution in [0.5, 0.6) is 0 Å². The minimum Gasteiger partial charge on any atom is -0.359 e. The molecule has 8 aromatic carbocycles. The lowest BCUT2D eigenvalue weighted by molar-refractivity contribution is 0.664. The average Bonchev–Trinajstić information content (AvgIpc) is 3.26. The van der Waals surface area contributed by atoms with Gasteiger partial charge in [0.25, 0.3) is 0 Å². The van der Waals surface area contributed by atoms with Crippen LogP contribution in [-0.4, -0.2) is 10.7 Å². The van der Waals surface area contributed by atoms with E-state index in [0.29, 0.717) is 0 Å². The van der Waals surface area contributed by atoms with Crippen molar-refractivity contribution in [2.24, 2.45) is 4.99 Å². The minimum atomic E-state index is -0.325. The number of aromatic nitrogens is 1. The first-order chi connectivity index (χ1) is 26.8. The van der Waals surface area contributed by atoms with Crippen LogP contribution in [0.3, 0.4) is 0 Å². The van der Waals surface area contributed by atoms with E-state index in [1.54, 1.807) is 0 Å². The molecule has 3 nitrogen and oxygen atoms in total. The molecule has 0 amide bonds. The second-order valence-electron chi connectivity index (χ2n) is 13.8. The van der Waals surface area contributed by atoms with Crippen molar-refractivity contribution in [1.29, 1.82) is 0 Å². The van der Waals surface area contributed by atoms with E-state index in [2.05, 4.69) is 192 Å². The summed E-state index contributed by atoms with van der Waals surface area (Å²) in [5, 5.41) is 11.2. The molecule has 1 N–H and O–H groups in total. The Morgan fingerprint density at radius 1 is 0.426 bits per heavy atom. The molecule has 254 valence electrons. The molecule has 0 fully saturated rings. The Labute approximate surface area is 314 Å². The number of nitrogens with zero attached hydrogens (tertiary/aromatic N) is 2. The zero-order valence-electron chi connectivity index (χ0n) is 29.5. The highest BCUT2D eigenvalue weighted by Crippen LogP contribution is 2.44. The van der Waals surface area contributed by atoms with E-state index in [1.165, 1.54) is 49.0 Å². The number of hydrogen-bond donors (Lipinski definition) is 1. The van der Waals surface area contributed by atoms with Gasteiger partial charge in [-0.3, -0.25) is 9.98 Å². The van der Waals surface area contributed by atoms with Crippen molar-refractivity contribution in [3.05, 3.63) is 217 Å². The van der Waals surface area contributed by atoms with Gasteiger partial charge in [-0.25, -0.2) is 0 Å². The van der Waals surface area contributed by atoms with Crippen molar-refractivity contribution < 1.29 is 0 Å². The molecule has 0 radical (unpaired) electrons. The highest BCUT2D eigenvalue weighted by atomic mass is 15.1. The Hall–Kier alpha value is -7.10. The SMILES string of the molecule is C1=C(c2ccccc2-c2cccnc2)NC(c2cccc(-c3c4ccccc4c(-c4ccccc4)c4ccccc34)c2)N=C1c1ccc2ccccc2c1. The molecule has 1 unspecified atom stereocenters. The predicted octanol–water partition coefficient (Wildman–Crippen LogP) is 12.7. The molecular formula is C51H35N3. The van der Waals surface area contributed by atoms with Crippen LogP contribution in [0.25, 0.3) is 71.4 Å². The summed E-state index contributed by atoms with van der Waals surface area (Å²) in [5.74, 6) is 0. The molecule has 0 saturated heterocycles. The Morgan fingerprint density at radius 3 is 1.76 bits per heavy atom. The molecule has 1 aliphatic heterocycles. The minimum absolute atomic E-state index is 0.325. The fraction of sp³-hybridized carbons (Fsp3) is 0.0196. The zero-order chi connectivity index (χ0) is 35.8. The predicted molar refractivity (Wildman–Crippen MR) is 226 cm³/mol. The maximum absolute atomic E-state index is 5.44. The second-order valence-corrected chi connectivity index (χ2v) is 13.8. The largest absolute Gasteiger partial charge is 0.359 e. The first kappa shape index (κ1) is 31.6. The first-order valence-corrected chi connectivity index (χ1v) is 18.4. The lowest BCUT2D eigenvalue weighted by Gasteiger charge is -2.26. The summed E-state index contributed by atoms with van der Waals surface area (Å²) in [6.07, 6.45) is 5.62. The third kappa shape index (κ3) is 5.64. The van der Waals surface area contributed by atoms with Crippen LogP contribution in [0.1, 0.15) is 22.9 Å². The molecule has 54 heavy (non-hydrogen) atoms. The molecule has 0 bridgehead atoms. The topological polar surface area (TPSA) is 37.3 Å². The number of rotatable bonds is 6. The van der Waals surface area contributed by atoms with Gasteiger partial charge in [0.05, 0.1) is 5.71 Å². The third-order valence-electron chi connectivity index (χ3n) is 10.6. The standard InChI is InChI=1S/C51H35N3/c1-2-15-35(16-3-1)49-43-23-8-10-25-45(43)50(46-26-11-9-24-44(46)49)38-18-12-19-39(31-38)51-53-47(37-28-27-34-14-4-5-17-36(34)30-37)32-48(54-51)42-22-7-6-21-41(42)40-20-13-29-52-33-40/h1-33,51,54H. The number of fused-ring (bicyclic) bond motifs is 3. The highest BCUT2D eigenvalue weighted by Gasteiger charge is 2.23. The van der Waals surface area contributed by atoms with E-state index >= 15 is 0 Å². The summed E-state index contributed by atoms with van der Waals surface area (Å²) in [6.45, 7) is 0. The summed E-state index contributed by atoms with van der Waals surface area (Å²) in [5.41, 5.74) is 12.3. The van der Waals surface area contributed by atoms with E-state index in [9.17, 15) is 0 Å². The van der Waals surface area contributed by atoms with E-state index in [0.717, 1.165) is 44.8 Å². The quantitative estimate of drug-likeness (QED) is 0.176. The summed E-state index contributed by atoms with van der Waals surface area (Å²) in [4.78, 5) is 9.88. The van der Waals surface area contributed by atoms with Crippen molar-refractivity contribution in [1.82, 2.24) is 10.3 Å². The van der Waals surface area contributed by atoms with Crippen molar-refractivity contribution in [3.8, 4) is 33.4 Å². The molecule has 1 aromatic heterocycles. The summed E-state index contributed by atoms with van der Waals surface area (Å²) < 4.78 is 0. The Bertz CT molecular complexity index is 2850. The summed E-state index contributed by atoms with van der Waals surface area (Å²) in [6, 6.07) is 65.1.